The van der Waals surface area contributed by atoms with Crippen molar-refractivity contribution in [1.29, 1.82) is 0 Å². The molecule has 0 aliphatic rings. The summed E-state index contributed by atoms with van der Waals surface area (Å²) in [4.78, 5) is 12.6. The smallest absolute Gasteiger partial charge is 0.241 e. The molecule has 0 spiro atoms. The van der Waals surface area contributed by atoms with Crippen molar-refractivity contribution in [3.05, 3.63) is 64.7 Å². The second-order valence-electron chi connectivity index (χ2n) is 7.14. The van der Waals surface area contributed by atoms with Crippen LogP contribution >= 0.6 is 11.6 Å². The number of halogens is 1. The number of nitrogens with two attached hydrogens (primary N) is 1. The zero-order chi connectivity index (χ0) is 22.5. The van der Waals surface area contributed by atoms with Crippen LogP contribution in [0.3, 0.4) is 0 Å². The van der Waals surface area contributed by atoms with Crippen LogP contribution in [0.4, 0.5) is 0 Å². The Morgan fingerprint density at radius 3 is 2.00 bits per heavy atom. The van der Waals surface area contributed by atoms with Gasteiger partial charge in [-0.1, -0.05) is 49.7 Å². The minimum atomic E-state index is -3.91. The van der Waals surface area contributed by atoms with Crippen LogP contribution in [0.5, 0.6) is 0 Å². The van der Waals surface area contributed by atoms with Crippen molar-refractivity contribution in [2.24, 2.45) is 11.1 Å². The van der Waals surface area contributed by atoms with E-state index in [-0.39, 0.29) is 23.1 Å². The lowest BCUT2D eigenvalue weighted by atomic mass is 10.0. The highest BCUT2D eigenvalue weighted by Crippen LogP contribution is 2.16. The number of benzene rings is 2. The fourth-order valence-corrected chi connectivity index (χ4v) is 4.75. The molecule has 1 amide bonds. The molecule has 4 N–H and O–H groups in total. The topological polar surface area (TPSA) is 135 Å². The van der Waals surface area contributed by atoms with Crippen molar-refractivity contribution in [3.8, 4) is 0 Å². The van der Waals surface area contributed by atoms with Gasteiger partial charge in [0.25, 0.3) is 0 Å². The standard InChI is InChI=1S/C19H24ClN3O5S2/c1-13(2)18(23-30(27,28)17-9-7-16(20)8-10-17)19(24)22-11-14-3-5-15(6-4-14)12-29(21,25)26/h3-10,13,18,23H,11-12H2,1-2H3,(H,22,24)(H2,21,25,26)/t18-/m0/s1. The molecular formula is C19H24ClN3O5S2. The fraction of sp³-hybridized carbons (Fsp3) is 0.316. The summed E-state index contributed by atoms with van der Waals surface area (Å²) in [7, 11) is -7.53. The average Bonchev–Trinajstić information content (AvgIpc) is 2.64. The van der Waals surface area contributed by atoms with Crippen molar-refractivity contribution >= 4 is 37.6 Å². The SMILES string of the molecule is CC(C)[C@H](NS(=O)(=O)c1ccc(Cl)cc1)C(=O)NCc1ccc(CS(N)(=O)=O)cc1. The average molecular weight is 474 g/mol. The number of hydrogen-bond donors (Lipinski definition) is 3. The second kappa shape index (κ2) is 9.88. The Morgan fingerprint density at radius 1 is 0.967 bits per heavy atom. The highest BCUT2D eigenvalue weighted by molar-refractivity contribution is 7.89. The maximum absolute atomic E-state index is 12.6. The summed E-state index contributed by atoms with van der Waals surface area (Å²) in [6, 6.07) is 11.2. The fourth-order valence-electron chi connectivity index (χ4n) is 2.63. The van der Waals surface area contributed by atoms with Gasteiger partial charge in [0.1, 0.15) is 6.04 Å². The molecule has 2 rings (SSSR count). The maximum Gasteiger partial charge on any atom is 0.241 e. The van der Waals surface area contributed by atoms with Crippen molar-refractivity contribution in [3.63, 3.8) is 0 Å². The molecule has 0 aromatic heterocycles. The Hall–Kier alpha value is -1.98. The van der Waals surface area contributed by atoms with E-state index in [1.54, 1.807) is 38.1 Å². The summed E-state index contributed by atoms with van der Waals surface area (Å²) in [5, 5.41) is 8.12. The van der Waals surface area contributed by atoms with Gasteiger partial charge in [-0.2, -0.15) is 4.72 Å². The third kappa shape index (κ3) is 7.37. The molecule has 0 aliphatic heterocycles. The molecule has 0 fully saturated rings. The third-order valence-electron chi connectivity index (χ3n) is 4.21. The van der Waals surface area contributed by atoms with Gasteiger partial charge < -0.3 is 5.32 Å². The Balaban J connectivity index is 2.04. The molecule has 2 aromatic carbocycles. The van der Waals surface area contributed by atoms with Crippen LogP contribution in [0.1, 0.15) is 25.0 Å². The van der Waals surface area contributed by atoms with E-state index in [0.29, 0.717) is 10.6 Å². The van der Waals surface area contributed by atoms with Gasteiger partial charge >= 0.3 is 0 Å². The van der Waals surface area contributed by atoms with Crippen molar-refractivity contribution in [1.82, 2.24) is 10.0 Å². The maximum atomic E-state index is 12.6. The molecule has 0 radical (unpaired) electrons. The predicted octanol–water partition coefficient (Wildman–Crippen LogP) is 1.75. The quantitative estimate of drug-likeness (QED) is 0.509. The largest absolute Gasteiger partial charge is 0.351 e. The van der Waals surface area contributed by atoms with Gasteiger partial charge in [-0.05, 0) is 41.3 Å². The highest BCUT2D eigenvalue weighted by Gasteiger charge is 2.28. The first-order valence-corrected chi connectivity index (χ1v) is 12.6. The Kier molecular flexibility index (Phi) is 8.00. The minimum Gasteiger partial charge on any atom is -0.351 e. The molecule has 1 atom stereocenters. The number of carbonyl (C=O) groups excluding carboxylic acids is 1. The van der Waals surface area contributed by atoms with E-state index in [1.165, 1.54) is 24.3 Å². The first-order valence-electron chi connectivity index (χ1n) is 9.01. The number of nitrogens with one attached hydrogen (secondary N) is 2. The number of rotatable bonds is 9. The molecule has 0 saturated carbocycles. The van der Waals surface area contributed by atoms with E-state index in [4.69, 9.17) is 16.7 Å². The van der Waals surface area contributed by atoms with E-state index in [2.05, 4.69) is 10.0 Å². The van der Waals surface area contributed by atoms with Crippen LogP contribution in [0.25, 0.3) is 0 Å². The molecule has 0 unspecified atom stereocenters. The van der Waals surface area contributed by atoms with E-state index in [9.17, 15) is 21.6 Å². The lowest BCUT2D eigenvalue weighted by Crippen LogP contribution is -2.49. The van der Waals surface area contributed by atoms with Gasteiger partial charge in [-0.15, -0.1) is 0 Å². The third-order valence-corrected chi connectivity index (χ3v) is 6.66. The highest BCUT2D eigenvalue weighted by atomic mass is 35.5. The number of sulfonamides is 2. The lowest BCUT2D eigenvalue weighted by molar-refractivity contribution is -0.123. The van der Waals surface area contributed by atoms with Crippen LogP contribution in [0.15, 0.2) is 53.4 Å². The Labute approximate surface area is 181 Å². The van der Waals surface area contributed by atoms with Crippen molar-refractivity contribution in [2.45, 2.75) is 37.1 Å². The van der Waals surface area contributed by atoms with Crippen LogP contribution in [0, 0.1) is 5.92 Å². The first kappa shape index (κ1) is 24.3. The van der Waals surface area contributed by atoms with Crippen molar-refractivity contribution in [2.75, 3.05) is 0 Å². The van der Waals surface area contributed by atoms with Crippen LogP contribution in [-0.4, -0.2) is 28.8 Å². The normalized spacial score (nSPS) is 13.2. The van der Waals surface area contributed by atoms with Crippen LogP contribution < -0.4 is 15.2 Å². The number of hydrogen-bond acceptors (Lipinski definition) is 5. The van der Waals surface area contributed by atoms with E-state index >= 15 is 0 Å². The molecule has 0 aliphatic carbocycles. The molecule has 0 heterocycles. The Bertz CT molecular complexity index is 1080. The van der Waals surface area contributed by atoms with Crippen LogP contribution in [0.2, 0.25) is 5.02 Å². The lowest BCUT2D eigenvalue weighted by Gasteiger charge is -2.21. The molecule has 2 aromatic rings. The number of primary sulfonamides is 1. The van der Waals surface area contributed by atoms with Gasteiger partial charge in [0.15, 0.2) is 0 Å². The van der Waals surface area contributed by atoms with E-state index in [0.717, 1.165) is 5.56 Å². The number of carbonyl (C=O) groups is 1. The summed E-state index contributed by atoms with van der Waals surface area (Å²) >= 11 is 5.79. The summed E-state index contributed by atoms with van der Waals surface area (Å²) in [5.74, 6) is -1.05. The van der Waals surface area contributed by atoms with Gasteiger partial charge in [0, 0.05) is 11.6 Å². The van der Waals surface area contributed by atoms with Gasteiger partial charge in [-0.25, -0.2) is 22.0 Å². The molecular weight excluding hydrogens is 450 g/mol. The van der Waals surface area contributed by atoms with E-state index < -0.39 is 32.0 Å². The van der Waals surface area contributed by atoms with Gasteiger partial charge in [-0.3, -0.25) is 4.79 Å². The molecule has 0 saturated heterocycles. The van der Waals surface area contributed by atoms with Crippen LogP contribution in [-0.2, 0) is 37.1 Å². The first-order chi connectivity index (χ1) is 13.9. The number of amides is 1. The summed E-state index contributed by atoms with van der Waals surface area (Å²) < 4.78 is 49.9. The zero-order valence-electron chi connectivity index (χ0n) is 16.5. The van der Waals surface area contributed by atoms with Gasteiger partial charge in [0.05, 0.1) is 10.6 Å². The minimum absolute atomic E-state index is 0.01000. The Morgan fingerprint density at radius 2 is 1.50 bits per heavy atom. The summed E-state index contributed by atoms with van der Waals surface area (Å²) in [6.45, 7) is 3.62. The predicted molar refractivity (Wildman–Crippen MR) is 115 cm³/mol. The molecule has 8 nitrogen and oxygen atoms in total. The zero-order valence-corrected chi connectivity index (χ0v) is 18.9. The molecule has 11 heteroatoms. The monoisotopic (exact) mass is 473 g/mol. The summed E-state index contributed by atoms with van der Waals surface area (Å²) in [5.41, 5.74) is 1.26. The molecule has 0 bridgehead atoms. The molecule has 30 heavy (non-hydrogen) atoms. The summed E-state index contributed by atoms with van der Waals surface area (Å²) in [6.07, 6.45) is 0. The van der Waals surface area contributed by atoms with Crippen molar-refractivity contribution < 1.29 is 21.6 Å². The molecule has 164 valence electrons. The van der Waals surface area contributed by atoms with Gasteiger partial charge in [0.2, 0.25) is 26.0 Å². The second-order valence-corrected chi connectivity index (χ2v) is 10.9. The van der Waals surface area contributed by atoms with E-state index in [1.807, 2.05) is 0 Å².